The van der Waals surface area contributed by atoms with Crippen LogP contribution in [-0.4, -0.2) is 49.8 Å². The third-order valence-electron chi connectivity index (χ3n) is 4.90. The molecule has 0 radical (unpaired) electrons. The number of nitrogens with one attached hydrogen (secondary N) is 1. The highest BCUT2D eigenvalue weighted by Crippen LogP contribution is 2.29. The highest BCUT2D eigenvalue weighted by atomic mass is 127. The maximum atomic E-state index is 10.8. The minimum absolute atomic E-state index is 0. The summed E-state index contributed by atoms with van der Waals surface area (Å²) in [6.07, 6.45) is 2.77. The van der Waals surface area contributed by atoms with Crippen LogP contribution in [0.1, 0.15) is 30.9 Å². The van der Waals surface area contributed by atoms with Gasteiger partial charge in [0.2, 0.25) is 0 Å². The zero-order valence-corrected chi connectivity index (χ0v) is 19.3. The fraction of sp³-hybridized carbons (Fsp3) is 0.409. The van der Waals surface area contributed by atoms with Gasteiger partial charge in [0.05, 0.1) is 20.8 Å². The molecular formula is C22H30IN3O3. The van der Waals surface area contributed by atoms with Crippen LogP contribution in [0.4, 0.5) is 5.69 Å². The van der Waals surface area contributed by atoms with Crippen molar-refractivity contribution in [2.45, 2.75) is 25.4 Å². The van der Waals surface area contributed by atoms with Crippen LogP contribution < -0.4 is 14.8 Å². The van der Waals surface area contributed by atoms with E-state index in [0.29, 0.717) is 17.1 Å². The number of hydrogen-bond acceptors (Lipinski definition) is 4. The highest BCUT2D eigenvalue weighted by molar-refractivity contribution is 14.0. The van der Waals surface area contributed by atoms with E-state index in [2.05, 4.69) is 10.2 Å². The van der Waals surface area contributed by atoms with Gasteiger partial charge in [-0.15, -0.1) is 24.0 Å². The Bertz CT molecular complexity index is 780. The second-order valence-corrected chi connectivity index (χ2v) is 6.83. The molecule has 0 bridgehead atoms. The molecular weight excluding hydrogens is 481 g/mol. The Labute approximate surface area is 190 Å². The maximum Gasteiger partial charge on any atom is 0.198 e. The lowest BCUT2D eigenvalue weighted by molar-refractivity contribution is 0.181. The zero-order chi connectivity index (χ0) is 19.8. The lowest BCUT2D eigenvalue weighted by atomic mass is 10.1. The number of nitrogens with zero attached hydrogens (tertiary/aromatic N) is 2. The van der Waals surface area contributed by atoms with Crippen molar-refractivity contribution in [3.63, 3.8) is 0 Å². The summed E-state index contributed by atoms with van der Waals surface area (Å²) >= 11 is 0. The van der Waals surface area contributed by atoms with Crippen LogP contribution in [0, 0.1) is 0 Å². The fourth-order valence-corrected chi connectivity index (χ4v) is 3.35. The number of methoxy groups -OCH3 is 2. The first-order chi connectivity index (χ1) is 13.7. The van der Waals surface area contributed by atoms with E-state index < -0.39 is 6.10 Å². The van der Waals surface area contributed by atoms with Gasteiger partial charge in [0, 0.05) is 24.3 Å². The van der Waals surface area contributed by atoms with Crippen molar-refractivity contribution in [2.75, 3.05) is 39.2 Å². The van der Waals surface area contributed by atoms with Crippen LogP contribution in [0.15, 0.2) is 53.5 Å². The van der Waals surface area contributed by atoms with Gasteiger partial charge in [0.1, 0.15) is 17.6 Å². The average molecular weight is 511 g/mol. The molecule has 2 aromatic rings. The standard InChI is InChI=1S/C22H29N3O3.HI/c1-27-18-11-12-21(28-2)19(15-18)20(26)16-23-22(25-13-7-4-8-14-25)24-17-9-5-3-6-10-17;/h3,5-6,9-12,15,20,26H,4,7-8,13-14,16H2,1-2H3,(H,23,24);1H. The Morgan fingerprint density at radius 1 is 1.07 bits per heavy atom. The molecule has 3 rings (SSSR count). The summed E-state index contributed by atoms with van der Waals surface area (Å²) in [6, 6.07) is 15.4. The smallest absolute Gasteiger partial charge is 0.198 e. The van der Waals surface area contributed by atoms with Crippen LogP contribution in [0.2, 0.25) is 0 Å². The van der Waals surface area contributed by atoms with Crippen LogP contribution in [-0.2, 0) is 0 Å². The number of para-hydroxylation sites is 1. The molecule has 6 nitrogen and oxygen atoms in total. The van der Waals surface area contributed by atoms with Crippen molar-refractivity contribution in [3.8, 4) is 11.5 Å². The molecule has 1 fully saturated rings. The maximum absolute atomic E-state index is 10.8. The number of likely N-dealkylation sites (tertiary alicyclic amines) is 1. The van der Waals surface area contributed by atoms with E-state index >= 15 is 0 Å². The Morgan fingerprint density at radius 2 is 1.79 bits per heavy atom. The van der Waals surface area contributed by atoms with Crippen molar-refractivity contribution in [2.24, 2.45) is 4.99 Å². The molecule has 0 spiro atoms. The molecule has 1 atom stereocenters. The number of guanidine groups is 1. The van der Waals surface area contributed by atoms with E-state index in [1.165, 1.54) is 6.42 Å². The molecule has 158 valence electrons. The number of piperidine rings is 1. The van der Waals surface area contributed by atoms with Gasteiger partial charge in [-0.1, -0.05) is 18.2 Å². The van der Waals surface area contributed by atoms with E-state index in [0.717, 1.165) is 37.6 Å². The first kappa shape index (κ1) is 23.3. The van der Waals surface area contributed by atoms with Crippen molar-refractivity contribution in [3.05, 3.63) is 54.1 Å². The summed E-state index contributed by atoms with van der Waals surface area (Å²) in [7, 11) is 3.20. The Kier molecular flexibility index (Phi) is 9.53. The third-order valence-corrected chi connectivity index (χ3v) is 4.90. The molecule has 29 heavy (non-hydrogen) atoms. The molecule has 7 heteroatoms. The molecule has 0 aliphatic carbocycles. The predicted molar refractivity (Wildman–Crippen MR) is 128 cm³/mol. The lowest BCUT2D eigenvalue weighted by Gasteiger charge is -2.30. The number of benzene rings is 2. The second kappa shape index (κ2) is 11.9. The molecule has 1 saturated heterocycles. The second-order valence-electron chi connectivity index (χ2n) is 6.83. The molecule has 2 N–H and O–H groups in total. The molecule has 1 heterocycles. The van der Waals surface area contributed by atoms with Gasteiger partial charge in [0.25, 0.3) is 0 Å². The summed E-state index contributed by atoms with van der Waals surface area (Å²) in [4.78, 5) is 6.99. The first-order valence-corrected chi connectivity index (χ1v) is 9.72. The van der Waals surface area contributed by atoms with Crippen molar-refractivity contribution < 1.29 is 14.6 Å². The largest absolute Gasteiger partial charge is 0.497 e. The fourth-order valence-electron chi connectivity index (χ4n) is 3.35. The van der Waals surface area contributed by atoms with Crippen LogP contribution in [0.3, 0.4) is 0 Å². The quantitative estimate of drug-likeness (QED) is 0.344. The molecule has 0 aromatic heterocycles. The normalized spacial score (nSPS) is 15.3. The molecule has 1 aliphatic heterocycles. The van der Waals surface area contributed by atoms with Crippen molar-refractivity contribution in [1.29, 1.82) is 0 Å². The molecule has 0 saturated carbocycles. The minimum Gasteiger partial charge on any atom is -0.497 e. The lowest BCUT2D eigenvalue weighted by Crippen LogP contribution is -2.40. The van der Waals surface area contributed by atoms with E-state index in [9.17, 15) is 5.11 Å². The number of aliphatic hydroxyl groups excluding tert-OH is 1. The summed E-state index contributed by atoms with van der Waals surface area (Å²) in [5, 5.41) is 14.2. The van der Waals surface area contributed by atoms with Crippen LogP contribution >= 0.6 is 24.0 Å². The average Bonchev–Trinajstić information content (AvgIpc) is 2.77. The van der Waals surface area contributed by atoms with Crippen molar-refractivity contribution in [1.82, 2.24) is 4.90 Å². The SMILES string of the molecule is COc1ccc(OC)c(C(O)CN=C(Nc2ccccc2)N2CCCCC2)c1.I. The summed E-state index contributed by atoms with van der Waals surface area (Å²) in [5.74, 6) is 2.10. The topological polar surface area (TPSA) is 66.3 Å². The first-order valence-electron chi connectivity index (χ1n) is 9.72. The number of hydrogen-bond donors (Lipinski definition) is 2. The van der Waals surface area contributed by atoms with E-state index in [-0.39, 0.29) is 30.5 Å². The zero-order valence-electron chi connectivity index (χ0n) is 17.0. The Morgan fingerprint density at radius 3 is 2.45 bits per heavy atom. The van der Waals surface area contributed by atoms with Gasteiger partial charge in [-0.05, 0) is 49.6 Å². The van der Waals surface area contributed by atoms with Gasteiger partial charge in [-0.2, -0.15) is 0 Å². The van der Waals surface area contributed by atoms with Gasteiger partial charge in [0.15, 0.2) is 5.96 Å². The molecule has 1 aliphatic rings. The molecule has 0 amide bonds. The van der Waals surface area contributed by atoms with E-state index in [1.807, 2.05) is 36.4 Å². The van der Waals surface area contributed by atoms with Gasteiger partial charge < -0.3 is 24.8 Å². The van der Waals surface area contributed by atoms with Gasteiger partial charge in [-0.3, -0.25) is 0 Å². The van der Waals surface area contributed by atoms with Gasteiger partial charge in [-0.25, -0.2) is 4.99 Å². The van der Waals surface area contributed by atoms with E-state index in [4.69, 9.17) is 14.5 Å². The predicted octanol–water partition coefficient (Wildman–Crippen LogP) is 4.31. The number of aliphatic imine (C=N–C) groups is 1. The Hall–Kier alpha value is -2.00. The summed E-state index contributed by atoms with van der Waals surface area (Å²) < 4.78 is 10.7. The minimum atomic E-state index is -0.789. The Balaban J connectivity index is 0.00000300. The number of aliphatic hydroxyl groups is 1. The number of ether oxygens (including phenoxy) is 2. The van der Waals surface area contributed by atoms with Crippen molar-refractivity contribution >= 4 is 35.6 Å². The number of rotatable bonds is 6. The summed E-state index contributed by atoms with van der Waals surface area (Å²) in [5.41, 5.74) is 1.66. The number of anilines is 1. The number of halogens is 1. The van der Waals surface area contributed by atoms with Gasteiger partial charge >= 0.3 is 0 Å². The highest BCUT2D eigenvalue weighted by Gasteiger charge is 2.18. The van der Waals surface area contributed by atoms with Crippen LogP contribution in [0.5, 0.6) is 11.5 Å². The van der Waals surface area contributed by atoms with E-state index in [1.54, 1.807) is 26.4 Å². The molecule has 1 unspecified atom stereocenters. The third kappa shape index (κ3) is 6.50. The van der Waals surface area contributed by atoms with Crippen LogP contribution in [0.25, 0.3) is 0 Å². The molecule has 2 aromatic carbocycles. The monoisotopic (exact) mass is 511 g/mol. The summed E-state index contributed by atoms with van der Waals surface area (Å²) in [6.45, 7) is 2.17.